The van der Waals surface area contributed by atoms with Crippen LogP contribution in [0.1, 0.15) is 58.1 Å². The Morgan fingerprint density at radius 1 is 0.951 bits per heavy atom. The van der Waals surface area contributed by atoms with E-state index >= 15 is 0 Å². The van der Waals surface area contributed by atoms with Gasteiger partial charge in [-0.25, -0.2) is 4.79 Å². The van der Waals surface area contributed by atoms with Crippen LogP contribution in [-0.2, 0) is 36.9 Å². The molecule has 2 amide bonds. The number of carboxylic acid groups (broad SMARTS) is 1. The third-order valence-corrected chi connectivity index (χ3v) is 8.87. The van der Waals surface area contributed by atoms with E-state index in [4.69, 9.17) is 9.47 Å². The van der Waals surface area contributed by atoms with Crippen LogP contribution in [0.3, 0.4) is 0 Å². The number of nitrogens with one attached hydrogen (secondary N) is 2. The summed E-state index contributed by atoms with van der Waals surface area (Å²) in [4.78, 5) is 52.0. The molecule has 2 saturated carbocycles. The third kappa shape index (κ3) is 6.89. The van der Waals surface area contributed by atoms with Crippen LogP contribution in [-0.4, -0.2) is 47.2 Å². The normalized spacial score (nSPS) is 24.5. The largest absolute Gasteiger partial charge is 0.480 e. The second-order valence-corrected chi connectivity index (χ2v) is 12.3. The molecule has 2 aliphatic carbocycles. The van der Waals surface area contributed by atoms with E-state index in [1.54, 1.807) is 12.1 Å². The molecule has 41 heavy (non-hydrogen) atoms. The van der Waals surface area contributed by atoms with Gasteiger partial charge in [0.2, 0.25) is 5.91 Å². The van der Waals surface area contributed by atoms with Crippen LogP contribution >= 0.6 is 0 Å². The first-order valence-corrected chi connectivity index (χ1v) is 14.2. The van der Waals surface area contributed by atoms with Crippen LogP contribution in [0.5, 0.6) is 0 Å². The van der Waals surface area contributed by atoms with Crippen LogP contribution in [0.15, 0.2) is 60.7 Å². The Morgan fingerprint density at radius 2 is 1.56 bits per heavy atom. The van der Waals surface area contributed by atoms with Crippen LogP contribution in [0.25, 0.3) is 0 Å². The zero-order valence-corrected chi connectivity index (χ0v) is 24.1. The number of benzene rings is 2. The van der Waals surface area contributed by atoms with E-state index in [0.29, 0.717) is 5.92 Å². The van der Waals surface area contributed by atoms with Gasteiger partial charge < -0.3 is 25.2 Å². The molecule has 2 bridgehead atoms. The molecule has 9 nitrogen and oxygen atoms in total. The number of carbonyl (C=O) groups is 4. The van der Waals surface area contributed by atoms with Crippen LogP contribution in [0.4, 0.5) is 4.79 Å². The van der Waals surface area contributed by atoms with Crippen LogP contribution in [0, 0.1) is 22.7 Å². The Labute approximate surface area is 241 Å². The van der Waals surface area contributed by atoms with E-state index < -0.39 is 41.9 Å². The first-order valence-electron chi connectivity index (χ1n) is 14.2. The Kier molecular flexibility index (Phi) is 9.05. The third-order valence-electron chi connectivity index (χ3n) is 8.87. The zero-order chi connectivity index (χ0) is 29.8. The van der Waals surface area contributed by atoms with Gasteiger partial charge in [0.1, 0.15) is 24.8 Å². The van der Waals surface area contributed by atoms with Crippen LogP contribution < -0.4 is 10.6 Å². The predicted molar refractivity (Wildman–Crippen MR) is 152 cm³/mol. The Morgan fingerprint density at radius 3 is 2.12 bits per heavy atom. The average molecular weight is 565 g/mol. The van der Waals surface area contributed by atoms with Crippen molar-refractivity contribution in [2.75, 3.05) is 0 Å². The standard InChI is InChI=1S/C32H40N2O7/c1-20(27(36)37)33-26(35)25(34-30(39)40-19-22-13-9-6-10-14-22)24(17-21-11-7-5-8-12-21)28(38)41-29-31(2,3)23-15-16-32(29,4)18-23/h5-14,20,23-25,29H,15-19H2,1-4H3,(H,33,35)(H,34,39)(H,36,37)/t20-,23?,24?,25+,29?,32?/m1/s1. The maximum absolute atomic E-state index is 14.0. The maximum atomic E-state index is 14.0. The number of carbonyl (C=O) groups excluding carboxylic acids is 3. The van der Waals surface area contributed by atoms with E-state index in [-0.39, 0.29) is 30.0 Å². The minimum absolute atomic E-state index is 0.0453. The Hall–Kier alpha value is -3.88. The molecule has 4 rings (SSSR count). The zero-order valence-electron chi connectivity index (χ0n) is 24.1. The molecule has 2 aromatic rings. The summed E-state index contributed by atoms with van der Waals surface area (Å²) in [5, 5.41) is 14.4. The summed E-state index contributed by atoms with van der Waals surface area (Å²) in [6.07, 6.45) is 1.82. The molecule has 2 aromatic carbocycles. The number of aliphatic carboxylic acids is 1. The number of hydrogen-bond donors (Lipinski definition) is 3. The molecule has 2 aliphatic rings. The summed E-state index contributed by atoms with van der Waals surface area (Å²) < 4.78 is 11.6. The van der Waals surface area contributed by atoms with Crippen molar-refractivity contribution in [2.24, 2.45) is 22.7 Å². The van der Waals surface area contributed by atoms with Gasteiger partial charge >= 0.3 is 18.0 Å². The summed E-state index contributed by atoms with van der Waals surface area (Å²) in [6.45, 7) is 7.64. The van der Waals surface area contributed by atoms with E-state index in [2.05, 4.69) is 31.4 Å². The highest BCUT2D eigenvalue weighted by Gasteiger charge is 2.61. The van der Waals surface area contributed by atoms with Crippen LogP contribution in [0.2, 0.25) is 0 Å². The number of carboxylic acids is 1. The van der Waals surface area contributed by atoms with Gasteiger partial charge in [0.15, 0.2) is 0 Å². The SMILES string of the molecule is C[C@@H](NC(=O)[C@@H](NC(=O)OCc1ccccc1)C(Cc1ccccc1)C(=O)OC1C2(C)CCC(C2)C1(C)C)C(=O)O. The Bertz CT molecular complexity index is 1240. The molecule has 6 atom stereocenters. The van der Waals surface area contributed by atoms with Crippen molar-refractivity contribution in [3.05, 3.63) is 71.8 Å². The van der Waals surface area contributed by atoms with Crippen molar-refractivity contribution in [3.63, 3.8) is 0 Å². The molecule has 3 N–H and O–H groups in total. The number of rotatable bonds is 11. The minimum atomic E-state index is -1.44. The van der Waals surface area contributed by atoms with E-state index in [1.807, 2.05) is 48.5 Å². The van der Waals surface area contributed by atoms with E-state index in [1.165, 1.54) is 6.92 Å². The van der Waals surface area contributed by atoms with Gasteiger partial charge in [-0.15, -0.1) is 0 Å². The monoisotopic (exact) mass is 564 g/mol. The molecule has 0 radical (unpaired) electrons. The van der Waals surface area contributed by atoms with Crippen molar-refractivity contribution < 1.29 is 33.8 Å². The lowest BCUT2D eigenvalue weighted by atomic mass is 9.70. The smallest absolute Gasteiger partial charge is 0.408 e. The highest BCUT2D eigenvalue weighted by molar-refractivity contribution is 5.93. The van der Waals surface area contributed by atoms with Crippen molar-refractivity contribution in [3.8, 4) is 0 Å². The molecular weight excluding hydrogens is 524 g/mol. The molecule has 220 valence electrons. The summed E-state index contributed by atoms with van der Waals surface area (Å²) >= 11 is 0. The van der Waals surface area contributed by atoms with Gasteiger partial charge in [-0.3, -0.25) is 14.4 Å². The molecule has 4 unspecified atom stereocenters. The molecule has 0 aliphatic heterocycles. The highest BCUT2D eigenvalue weighted by Crippen LogP contribution is 2.63. The fraction of sp³-hybridized carbons (Fsp3) is 0.500. The summed E-state index contributed by atoms with van der Waals surface area (Å²) in [5.41, 5.74) is 1.10. The number of alkyl carbamates (subject to hydrolysis) is 1. The topological polar surface area (TPSA) is 131 Å². The Balaban J connectivity index is 1.62. The first kappa shape index (κ1) is 30.1. The van der Waals surface area contributed by atoms with Crippen molar-refractivity contribution in [2.45, 2.75) is 78.2 Å². The number of ether oxygens (including phenoxy) is 2. The highest BCUT2D eigenvalue weighted by atomic mass is 16.6. The molecule has 0 spiro atoms. The van der Waals surface area contributed by atoms with Gasteiger partial charge in [0.05, 0.1) is 5.92 Å². The lowest BCUT2D eigenvalue weighted by molar-refractivity contribution is -0.171. The first-order chi connectivity index (χ1) is 19.4. The van der Waals surface area contributed by atoms with Gasteiger partial charge in [0.25, 0.3) is 0 Å². The fourth-order valence-corrected chi connectivity index (χ4v) is 6.56. The average Bonchev–Trinajstić information content (AvgIpc) is 3.43. The minimum Gasteiger partial charge on any atom is -0.480 e. The van der Waals surface area contributed by atoms with Gasteiger partial charge in [0, 0.05) is 10.8 Å². The van der Waals surface area contributed by atoms with E-state index in [0.717, 1.165) is 30.4 Å². The molecule has 9 heteroatoms. The van der Waals surface area contributed by atoms with Gasteiger partial charge in [-0.1, -0.05) is 81.4 Å². The summed E-state index contributed by atoms with van der Waals surface area (Å²) in [7, 11) is 0. The molecule has 0 heterocycles. The number of amides is 2. The van der Waals surface area contributed by atoms with Crippen molar-refractivity contribution in [1.29, 1.82) is 0 Å². The second kappa shape index (κ2) is 12.3. The number of hydrogen-bond acceptors (Lipinski definition) is 6. The van der Waals surface area contributed by atoms with E-state index in [9.17, 15) is 24.3 Å². The quantitative estimate of drug-likeness (QED) is 0.343. The van der Waals surface area contributed by atoms with Gasteiger partial charge in [-0.05, 0) is 49.7 Å². The molecule has 0 saturated heterocycles. The fourth-order valence-electron chi connectivity index (χ4n) is 6.56. The molecular formula is C32H40N2O7. The predicted octanol–water partition coefficient (Wildman–Crippen LogP) is 4.49. The van der Waals surface area contributed by atoms with Crippen molar-refractivity contribution >= 4 is 23.9 Å². The second-order valence-electron chi connectivity index (χ2n) is 12.3. The summed E-state index contributed by atoms with van der Waals surface area (Å²) in [5.74, 6) is -3.39. The number of esters is 1. The van der Waals surface area contributed by atoms with Gasteiger partial charge in [-0.2, -0.15) is 0 Å². The molecule has 0 aromatic heterocycles. The van der Waals surface area contributed by atoms with Crippen molar-refractivity contribution in [1.82, 2.24) is 10.6 Å². The lowest BCUT2D eigenvalue weighted by Crippen LogP contribution is -2.57. The molecule has 2 fully saturated rings. The maximum Gasteiger partial charge on any atom is 0.408 e. The number of fused-ring (bicyclic) bond motifs is 2. The lowest BCUT2D eigenvalue weighted by Gasteiger charge is -2.42. The summed E-state index contributed by atoms with van der Waals surface area (Å²) in [6, 6.07) is 15.5.